The number of amides is 1. The van der Waals surface area contributed by atoms with Gasteiger partial charge in [-0.2, -0.15) is 20.3 Å². The first-order valence-corrected chi connectivity index (χ1v) is 11.3. The number of carbonyl (C=O) groups is 1. The summed E-state index contributed by atoms with van der Waals surface area (Å²) in [5, 5.41) is 18.9. The number of benzene rings is 3. The van der Waals surface area contributed by atoms with E-state index in [4.69, 9.17) is 0 Å². The van der Waals surface area contributed by atoms with Crippen LogP contribution < -0.4 is 5.01 Å². The molecule has 1 aliphatic rings. The Morgan fingerprint density at radius 2 is 1.81 bits per heavy atom. The molecule has 0 fully saturated rings. The average molecular weight is 490 g/mol. The van der Waals surface area contributed by atoms with E-state index in [0.717, 1.165) is 32.2 Å². The molecule has 0 saturated carbocycles. The summed E-state index contributed by atoms with van der Waals surface area (Å²) in [5.41, 5.74) is 3.09. The Morgan fingerprint density at radius 1 is 1.03 bits per heavy atom. The van der Waals surface area contributed by atoms with Gasteiger partial charge >= 0.3 is 0 Å². The summed E-state index contributed by atoms with van der Waals surface area (Å²) in [4.78, 5) is 17.6. The van der Waals surface area contributed by atoms with E-state index < -0.39 is 6.04 Å². The zero-order valence-corrected chi connectivity index (χ0v) is 18.8. The standard InChI is InChI=1S/C23H16BrN5OS/c1-14-21(27-26-19-8-4-6-15-5-2-3-7-18(15)19)22(30)29(28-14)23-25-20(13-31-23)16-9-11-17(24)12-10-16/h2-13,21H,1H3. The van der Waals surface area contributed by atoms with Crippen LogP contribution in [0.5, 0.6) is 0 Å². The Hall–Kier alpha value is -3.23. The number of thiazole rings is 1. The smallest absolute Gasteiger partial charge is 0.269 e. The van der Waals surface area contributed by atoms with Crippen LogP contribution >= 0.6 is 27.3 Å². The average Bonchev–Trinajstić information content (AvgIpc) is 3.38. The number of rotatable bonds is 4. The lowest BCUT2D eigenvalue weighted by atomic mass is 10.1. The van der Waals surface area contributed by atoms with Crippen LogP contribution in [0.15, 0.2) is 91.9 Å². The molecule has 3 aromatic carbocycles. The van der Waals surface area contributed by atoms with E-state index in [9.17, 15) is 4.79 Å². The molecule has 1 aromatic heterocycles. The number of hydrogen-bond acceptors (Lipinski definition) is 6. The van der Waals surface area contributed by atoms with E-state index in [0.29, 0.717) is 10.8 Å². The van der Waals surface area contributed by atoms with Gasteiger partial charge in [0.05, 0.1) is 17.1 Å². The summed E-state index contributed by atoms with van der Waals surface area (Å²) in [5.74, 6) is -0.252. The number of hydrazone groups is 1. The number of nitrogens with zero attached hydrogens (tertiary/aromatic N) is 5. The van der Waals surface area contributed by atoms with E-state index in [-0.39, 0.29) is 5.91 Å². The fourth-order valence-corrected chi connectivity index (χ4v) is 4.41. The second-order valence-electron chi connectivity index (χ2n) is 7.03. The molecule has 1 atom stereocenters. The minimum Gasteiger partial charge on any atom is -0.269 e. The monoisotopic (exact) mass is 489 g/mol. The molecule has 4 aromatic rings. The predicted molar refractivity (Wildman–Crippen MR) is 128 cm³/mol. The third kappa shape index (κ3) is 3.80. The molecule has 0 saturated heterocycles. The van der Waals surface area contributed by atoms with E-state index in [1.54, 1.807) is 6.92 Å². The molecule has 31 heavy (non-hydrogen) atoms. The third-order valence-corrected chi connectivity index (χ3v) is 6.30. The molecule has 1 aliphatic heterocycles. The molecule has 8 heteroatoms. The van der Waals surface area contributed by atoms with Crippen molar-refractivity contribution in [2.45, 2.75) is 13.0 Å². The highest BCUT2D eigenvalue weighted by atomic mass is 79.9. The van der Waals surface area contributed by atoms with E-state index >= 15 is 0 Å². The molecular formula is C23H16BrN5OS. The van der Waals surface area contributed by atoms with Crippen molar-refractivity contribution in [3.05, 3.63) is 76.6 Å². The van der Waals surface area contributed by atoms with Crippen LogP contribution in [0, 0.1) is 0 Å². The number of hydrogen-bond donors (Lipinski definition) is 0. The van der Waals surface area contributed by atoms with Crippen LogP contribution in [0.2, 0.25) is 0 Å². The molecular weight excluding hydrogens is 474 g/mol. The minimum absolute atomic E-state index is 0.252. The SMILES string of the molecule is CC1=NN(c2nc(-c3ccc(Br)cc3)cs2)C(=O)C1N=Nc1cccc2ccccc12. The van der Waals surface area contributed by atoms with Gasteiger partial charge in [-0.15, -0.1) is 11.3 Å². The normalized spacial score (nSPS) is 16.5. The second kappa shape index (κ2) is 8.13. The molecule has 1 unspecified atom stereocenters. The number of aromatic nitrogens is 1. The van der Waals surface area contributed by atoms with Crippen molar-refractivity contribution >= 4 is 60.5 Å². The van der Waals surface area contributed by atoms with Gasteiger partial charge in [0.25, 0.3) is 5.91 Å². The van der Waals surface area contributed by atoms with Gasteiger partial charge in [0, 0.05) is 20.8 Å². The second-order valence-corrected chi connectivity index (χ2v) is 8.78. The van der Waals surface area contributed by atoms with Gasteiger partial charge in [0.2, 0.25) is 5.13 Å². The first kappa shape index (κ1) is 19.7. The van der Waals surface area contributed by atoms with Crippen LogP contribution in [-0.2, 0) is 4.79 Å². The number of anilines is 1. The molecule has 2 heterocycles. The number of fused-ring (bicyclic) bond motifs is 1. The molecule has 5 rings (SSSR count). The van der Waals surface area contributed by atoms with E-state index in [2.05, 4.69) is 36.2 Å². The van der Waals surface area contributed by atoms with Gasteiger partial charge in [-0.3, -0.25) is 4.79 Å². The van der Waals surface area contributed by atoms with Crippen molar-refractivity contribution in [3.63, 3.8) is 0 Å². The van der Waals surface area contributed by atoms with Gasteiger partial charge in [-0.05, 0) is 30.5 Å². The Balaban J connectivity index is 1.39. The maximum Gasteiger partial charge on any atom is 0.282 e. The quantitative estimate of drug-likeness (QED) is 0.303. The molecule has 1 amide bonds. The molecule has 0 spiro atoms. The minimum atomic E-state index is -0.751. The lowest BCUT2D eigenvalue weighted by molar-refractivity contribution is -0.117. The Labute approximate surface area is 191 Å². The van der Waals surface area contributed by atoms with Crippen molar-refractivity contribution in [3.8, 4) is 11.3 Å². The van der Waals surface area contributed by atoms with Gasteiger partial charge in [0.15, 0.2) is 6.04 Å². The van der Waals surface area contributed by atoms with Gasteiger partial charge in [0.1, 0.15) is 0 Å². The first-order chi connectivity index (χ1) is 15.1. The van der Waals surface area contributed by atoms with E-state index in [1.807, 2.05) is 72.1 Å². The summed E-state index contributed by atoms with van der Waals surface area (Å²) in [6, 6.07) is 20.9. The van der Waals surface area contributed by atoms with Gasteiger partial charge in [-0.1, -0.05) is 64.5 Å². The molecule has 0 radical (unpaired) electrons. The molecule has 0 bridgehead atoms. The van der Waals surface area contributed by atoms with Gasteiger partial charge < -0.3 is 0 Å². The maximum absolute atomic E-state index is 13.0. The molecule has 0 aliphatic carbocycles. The van der Waals surface area contributed by atoms with Crippen molar-refractivity contribution in [2.24, 2.45) is 15.3 Å². The fourth-order valence-electron chi connectivity index (χ4n) is 3.36. The highest BCUT2D eigenvalue weighted by Crippen LogP contribution is 2.32. The van der Waals surface area contributed by atoms with Crippen LogP contribution in [0.1, 0.15) is 6.92 Å². The van der Waals surface area contributed by atoms with Crippen molar-refractivity contribution < 1.29 is 4.79 Å². The summed E-state index contributed by atoms with van der Waals surface area (Å²) in [7, 11) is 0. The zero-order valence-electron chi connectivity index (χ0n) is 16.4. The summed E-state index contributed by atoms with van der Waals surface area (Å²) in [6.07, 6.45) is 0. The lowest BCUT2D eigenvalue weighted by Crippen LogP contribution is -2.29. The Kier molecular flexibility index (Phi) is 5.17. The summed E-state index contributed by atoms with van der Waals surface area (Å²) >= 11 is 4.81. The van der Waals surface area contributed by atoms with Crippen LogP contribution in [0.25, 0.3) is 22.0 Å². The molecule has 6 nitrogen and oxygen atoms in total. The Bertz CT molecular complexity index is 1340. The summed E-state index contributed by atoms with van der Waals surface area (Å²) in [6.45, 7) is 1.79. The van der Waals surface area contributed by atoms with Crippen molar-refractivity contribution in [1.29, 1.82) is 0 Å². The number of carbonyl (C=O) groups excluding carboxylic acids is 1. The van der Waals surface area contributed by atoms with Crippen molar-refractivity contribution in [1.82, 2.24) is 4.98 Å². The van der Waals surface area contributed by atoms with Gasteiger partial charge in [-0.25, -0.2) is 4.98 Å². The molecule has 152 valence electrons. The lowest BCUT2D eigenvalue weighted by Gasteiger charge is -2.08. The van der Waals surface area contributed by atoms with Crippen LogP contribution in [0.4, 0.5) is 10.8 Å². The first-order valence-electron chi connectivity index (χ1n) is 9.59. The number of halogens is 1. The fraction of sp³-hybridized carbons (Fsp3) is 0.0870. The predicted octanol–water partition coefficient (Wildman–Crippen LogP) is 6.60. The van der Waals surface area contributed by atoms with Crippen molar-refractivity contribution in [2.75, 3.05) is 5.01 Å². The largest absolute Gasteiger partial charge is 0.282 e. The highest BCUT2D eigenvalue weighted by Gasteiger charge is 2.36. The highest BCUT2D eigenvalue weighted by molar-refractivity contribution is 9.10. The Morgan fingerprint density at radius 3 is 2.65 bits per heavy atom. The molecule has 0 N–H and O–H groups in total. The maximum atomic E-state index is 13.0. The summed E-state index contributed by atoms with van der Waals surface area (Å²) < 4.78 is 1.00. The topological polar surface area (TPSA) is 70.3 Å². The zero-order chi connectivity index (χ0) is 21.4. The van der Waals surface area contributed by atoms with E-state index in [1.165, 1.54) is 16.3 Å². The number of azo groups is 1. The van der Waals surface area contributed by atoms with Crippen LogP contribution in [-0.4, -0.2) is 22.6 Å². The third-order valence-electron chi connectivity index (χ3n) is 4.96. The van der Waals surface area contributed by atoms with Crippen LogP contribution in [0.3, 0.4) is 0 Å².